The number of aliphatic hydroxyl groups is 2. The van der Waals surface area contributed by atoms with Gasteiger partial charge in [0.05, 0.1) is 32.0 Å². The Kier molecular flexibility index (Phi) is 9.27. The Balaban J connectivity index is 3.84. The molecule has 114 valence electrons. The van der Waals surface area contributed by atoms with Gasteiger partial charge in [-0.1, -0.05) is 12.7 Å². The molecular formula is C13H20O7. The predicted octanol–water partition coefficient (Wildman–Crippen LogP) is -0.123. The molecule has 0 aliphatic rings. The van der Waals surface area contributed by atoms with Crippen LogP contribution in [0, 0.1) is 0 Å². The lowest BCUT2D eigenvalue weighted by molar-refractivity contribution is -0.139. The maximum absolute atomic E-state index is 11.4. The van der Waals surface area contributed by atoms with E-state index in [4.69, 9.17) is 24.8 Å². The second kappa shape index (κ2) is 10.1. The van der Waals surface area contributed by atoms with E-state index in [2.05, 4.69) is 6.58 Å². The lowest BCUT2D eigenvalue weighted by Crippen LogP contribution is -2.21. The van der Waals surface area contributed by atoms with Gasteiger partial charge in [0.1, 0.15) is 6.10 Å². The van der Waals surface area contributed by atoms with Crippen molar-refractivity contribution in [3.05, 3.63) is 23.8 Å². The van der Waals surface area contributed by atoms with Crippen molar-refractivity contribution in [3.63, 3.8) is 0 Å². The van der Waals surface area contributed by atoms with Crippen LogP contribution in [0.5, 0.6) is 0 Å². The molecule has 0 bridgehead atoms. The number of hydrogen-bond acceptors (Lipinski definition) is 6. The molecule has 0 aliphatic heterocycles. The third-order valence-electron chi connectivity index (χ3n) is 2.22. The molecule has 1 unspecified atom stereocenters. The Bertz CT molecular complexity index is 373. The molecule has 0 aliphatic carbocycles. The first-order chi connectivity index (χ1) is 9.38. The average Bonchev–Trinajstić information content (AvgIpc) is 2.42. The number of esters is 1. The fraction of sp³-hybridized carbons (Fsp3) is 0.538. The van der Waals surface area contributed by atoms with E-state index in [9.17, 15) is 9.59 Å². The highest BCUT2D eigenvalue weighted by atomic mass is 16.5. The van der Waals surface area contributed by atoms with Gasteiger partial charge in [-0.05, 0) is 6.92 Å². The van der Waals surface area contributed by atoms with Crippen molar-refractivity contribution < 1.29 is 34.4 Å². The molecule has 0 saturated carbocycles. The Morgan fingerprint density at radius 1 is 1.40 bits per heavy atom. The van der Waals surface area contributed by atoms with E-state index < -0.39 is 24.6 Å². The molecular weight excluding hydrogens is 268 g/mol. The van der Waals surface area contributed by atoms with E-state index in [1.54, 1.807) is 0 Å². The van der Waals surface area contributed by atoms with E-state index in [-0.39, 0.29) is 31.0 Å². The molecule has 0 spiro atoms. The minimum atomic E-state index is -1.02. The van der Waals surface area contributed by atoms with Gasteiger partial charge in [0.15, 0.2) is 0 Å². The fourth-order valence-corrected chi connectivity index (χ4v) is 1.05. The molecule has 0 aromatic rings. The van der Waals surface area contributed by atoms with Gasteiger partial charge in [-0.15, -0.1) is 0 Å². The summed E-state index contributed by atoms with van der Waals surface area (Å²) < 4.78 is 9.80. The monoisotopic (exact) mass is 288 g/mol. The van der Waals surface area contributed by atoms with Gasteiger partial charge in [-0.3, -0.25) is 0 Å². The van der Waals surface area contributed by atoms with Crippen LogP contribution in [0.1, 0.15) is 13.3 Å². The normalized spacial score (nSPS) is 12.8. The molecule has 1 atom stereocenters. The summed E-state index contributed by atoms with van der Waals surface area (Å²) in [6.45, 7) is 4.31. The van der Waals surface area contributed by atoms with Crippen LogP contribution < -0.4 is 0 Å². The summed E-state index contributed by atoms with van der Waals surface area (Å²) in [7, 11) is 0. The number of aliphatic hydroxyl groups excluding tert-OH is 2. The quantitative estimate of drug-likeness (QED) is 0.292. The first-order valence-corrected chi connectivity index (χ1v) is 6.00. The van der Waals surface area contributed by atoms with Gasteiger partial charge in [-0.25, -0.2) is 9.59 Å². The van der Waals surface area contributed by atoms with Crippen molar-refractivity contribution in [3.8, 4) is 0 Å². The highest BCUT2D eigenvalue weighted by Gasteiger charge is 2.10. The van der Waals surface area contributed by atoms with Gasteiger partial charge in [-0.2, -0.15) is 0 Å². The standard InChI is InChI=1S/C13H20O7/c1-9(12(16)17)4-3-5-20-13(18)10(2)7-19-8-11(15)6-14/h4,11,14-15H,2-3,5-8H2,1H3,(H,16,17). The molecule has 20 heavy (non-hydrogen) atoms. The van der Waals surface area contributed by atoms with E-state index in [0.717, 1.165) is 0 Å². The third-order valence-corrected chi connectivity index (χ3v) is 2.22. The number of carboxylic acids is 1. The molecule has 0 fully saturated rings. The number of aliphatic carboxylic acids is 1. The maximum atomic E-state index is 11.4. The van der Waals surface area contributed by atoms with Crippen LogP contribution in [0.3, 0.4) is 0 Å². The van der Waals surface area contributed by atoms with Gasteiger partial charge in [0.2, 0.25) is 0 Å². The van der Waals surface area contributed by atoms with Crippen LogP contribution in [0.4, 0.5) is 0 Å². The van der Waals surface area contributed by atoms with Crippen LogP contribution in [0.25, 0.3) is 0 Å². The lowest BCUT2D eigenvalue weighted by Gasteiger charge is -2.09. The molecule has 0 aromatic heterocycles. The zero-order chi connectivity index (χ0) is 15.5. The Morgan fingerprint density at radius 2 is 2.05 bits per heavy atom. The van der Waals surface area contributed by atoms with Crippen molar-refractivity contribution in [1.82, 2.24) is 0 Å². The number of ether oxygens (including phenoxy) is 2. The topological polar surface area (TPSA) is 113 Å². The van der Waals surface area contributed by atoms with Gasteiger partial charge in [0.25, 0.3) is 0 Å². The summed E-state index contributed by atoms with van der Waals surface area (Å²) in [5.41, 5.74) is 0.260. The number of rotatable bonds is 10. The van der Waals surface area contributed by atoms with Gasteiger partial charge in [0, 0.05) is 12.0 Å². The summed E-state index contributed by atoms with van der Waals surface area (Å²) in [4.78, 5) is 21.9. The molecule has 7 nitrogen and oxygen atoms in total. The molecule has 0 amide bonds. The second-order valence-corrected chi connectivity index (χ2v) is 4.07. The molecule has 0 rings (SSSR count). The summed E-state index contributed by atoms with van der Waals surface area (Å²) in [6.07, 6.45) is 0.747. The van der Waals surface area contributed by atoms with Crippen LogP contribution in [0.2, 0.25) is 0 Å². The van der Waals surface area contributed by atoms with E-state index in [1.165, 1.54) is 13.0 Å². The van der Waals surface area contributed by atoms with Crippen LogP contribution in [-0.2, 0) is 19.1 Å². The summed E-state index contributed by atoms with van der Waals surface area (Å²) in [6, 6.07) is 0. The highest BCUT2D eigenvalue weighted by molar-refractivity contribution is 5.88. The van der Waals surface area contributed by atoms with Crippen molar-refractivity contribution >= 4 is 11.9 Å². The smallest absolute Gasteiger partial charge is 0.335 e. The summed E-state index contributed by atoms with van der Waals surface area (Å²) in [5, 5.41) is 26.1. The van der Waals surface area contributed by atoms with E-state index in [0.29, 0.717) is 6.42 Å². The highest BCUT2D eigenvalue weighted by Crippen LogP contribution is 2.00. The van der Waals surface area contributed by atoms with Crippen molar-refractivity contribution in [2.45, 2.75) is 19.4 Å². The first kappa shape index (κ1) is 18.3. The Labute approximate surface area is 117 Å². The van der Waals surface area contributed by atoms with Crippen LogP contribution in [-0.4, -0.2) is 59.8 Å². The average molecular weight is 288 g/mol. The van der Waals surface area contributed by atoms with Crippen molar-refractivity contribution in [1.29, 1.82) is 0 Å². The lowest BCUT2D eigenvalue weighted by atomic mass is 10.2. The molecule has 0 heterocycles. The van der Waals surface area contributed by atoms with E-state index in [1.807, 2.05) is 0 Å². The largest absolute Gasteiger partial charge is 0.478 e. The van der Waals surface area contributed by atoms with E-state index >= 15 is 0 Å². The van der Waals surface area contributed by atoms with Crippen molar-refractivity contribution in [2.24, 2.45) is 0 Å². The SMILES string of the molecule is C=C(COCC(O)CO)C(=O)OCCC=C(C)C(=O)O. The zero-order valence-electron chi connectivity index (χ0n) is 11.4. The van der Waals surface area contributed by atoms with Gasteiger partial charge >= 0.3 is 11.9 Å². The Morgan fingerprint density at radius 3 is 2.60 bits per heavy atom. The number of carbonyl (C=O) groups excluding carboxylic acids is 1. The molecule has 0 radical (unpaired) electrons. The minimum Gasteiger partial charge on any atom is -0.478 e. The second-order valence-electron chi connectivity index (χ2n) is 4.07. The zero-order valence-corrected chi connectivity index (χ0v) is 11.4. The molecule has 7 heteroatoms. The van der Waals surface area contributed by atoms with Gasteiger partial charge < -0.3 is 24.8 Å². The predicted molar refractivity (Wildman–Crippen MR) is 70.0 cm³/mol. The Hall–Kier alpha value is -1.70. The molecule has 0 saturated heterocycles. The number of hydrogen-bond donors (Lipinski definition) is 3. The van der Waals surface area contributed by atoms with Crippen LogP contribution >= 0.6 is 0 Å². The fourth-order valence-electron chi connectivity index (χ4n) is 1.05. The first-order valence-electron chi connectivity index (χ1n) is 6.00. The number of carboxylic acid groups (broad SMARTS) is 1. The number of carbonyl (C=O) groups is 2. The van der Waals surface area contributed by atoms with Crippen molar-refractivity contribution in [2.75, 3.05) is 26.4 Å². The molecule has 3 N–H and O–H groups in total. The van der Waals surface area contributed by atoms with Crippen LogP contribution in [0.15, 0.2) is 23.8 Å². The maximum Gasteiger partial charge on any atom is 0.335 e. The summed E-state index contributed by atoms with van der Waals surface area (Å²) >= 11 is 0. The molecule has 0 aromatic carbocycles. The minimum absolute atomic E-state index is 0.0434. The summed E-state index contributed by atoms with van der Waals surface area (Å²) in [5.74, 6) is -1.67. The third kappa shape index (κ3) is 8.41.